The predicted molar refractivity (Wildman–Crippen MR) is 88.1 cm³/mol. The first-order valence-electron chi connectivity index (χ1n) is 6.12. The molecule has 0 unspecified atom stereocenters. The summed E-state index contributed by atoms with van der Waals surface area (Å²) < 4.78 is 0. The minimum atomic E-state index is -0.185. The molecule has 0 aliphatic rings. The van der Waals surface area contributed by atoms with Crippen LogP contribution in [0, 0.1) is 0 Å². The largest absolute Gasteiger partial charge is 0.399 e. The van der Waals surface area contributed by atoms with Crippen molar-refractivity contribution in [2.24, 2.45) is 0 Å². The van der Waals surface area contributed by atoms with E-state index in [4.69, 9.17) is 40.5 Å². The summed E-state index contributed by atoms with van der Waals surface area (Å²) in [7, 11) is 1.68. The molecule has 0 atom stereocenters. The highest BCUT2D eigenvalue weighted by Crippen LogP contribution is 2.23. The summed E-state index contributed by atoms with van der Waals surface area (Å²) in [4.78, 5) is 13.9. The van der Waals surface area contributed by atoms with Gasteiger partial charge in [-0.3, -0.25) is 4.79 Å². The number of anilines is 1. The summed E-state index contributed by atoms with van der Waals surface area (Å²) in [5, 5.41) is 1.50. The van der Waals surface area contributed by atoms with Crippen LogP contribution >= 0.6 is 34.8 Å². The molecule has 0 aromatic heterocycles. The number of rotatable bonds is 3. The standard InChI is InChI=1S/C15H13Cl3N2O/c1-20(8-9-2-3-11(16)7-14(9)18)15(21)10-4-12(17)6-13(19)5-10/h2-7H,8,19H2,1H3. The van der Waals surface area contributed by atoms with Crippen LogP contribution in [0.1, 0.15) is 15.9 Å². The third-order valence-corrected chi connectivity index (χ3v) is 3.74. The Morgan fingerprint density at radius 2 is 1.81 bits per heavy atom. The zero-order valence-electron chi connectivity index (χ0n) is 11.2. The lowest BCUT2D eigenvalue weighted by Gasteiger charge is -2.18. The highest BCUT2D eigenvalue weighted by atomic mass is 35.5. The van der Waals surface area contributed by atoms with E-state index >= 15 is 0 Å². The number of nitrogen functional groups attached to an aromatic ring is 1. The molecule has 2 N–H and O–H groups in total. The van der Waals surface area contributed by atoms with Gasteiger partial charge in [-0.2, -0.15) is 0 Å². The van der Waals surface area contributed by atoms with Crippen molar-refractivity contribution in [1.29, 1.82) is 0 Å². The van der Waals surface area contributed by atoms with Crippen LogP contribution in [0.3, 0.4) is 0 Å². The molecular formula is C15H13Cl3N2O. The Balaban J connectivity index is 2.19. The summed E-state index contributed by atoms with van der Waals surface area (Å²) in [6, 6.07) is 9.94. The minimum absolute atomic E-state index is 0.185. The van der Waals surface area contributed by atoms with Crippen LogP contribution in [0.5, 0.6) is 0 Å². The first-order chi connectivity index (χ1) is 9.86. The maximum Gasteiger partial charge on any atom is 0.254 e. The number of nitrogens with zero attached hydrogens (tertiary/aromatic N) is 1. The quantitative estimate of drug-likeness (QED) is 0.834. The molecule has 110 valence electrons. The molecule has 6 heteroatoms. The zero-order chi connectivity index (χ0) is 15.6. The first kappa shape index (κ1) is 16.0. The normalized spacial score (nSPS) is 10.5. The first-order valence-corrected chi connectivity index (χ1v) is 7.25. The third kappa shape index (κ3) is 4.03. The van der Waals surface area contributed by atoms with Gasteiger partial charge in [0.2, 0.25) is 0 Å². The van der Waals surface area contributed by atoms with Gasteiger partial charge in [0, 0.05) is 39.9 Å². The highest BCUT2D eigenvalue weighted by molar-refractivity contribution is 6.35. The van der Waals surface area contributed by atoms with Gasteiger partial charge in [-0.25, -0.2) is 0 Å². The summed E-state index contributed by atoms with van der Waals surface area (Å²) in [5.41, 5.74) is 7.40. The van der Waals surface area contributed by atoms with Gasteiger partial charge in [0.15, 0.2) is 0 Å². The molecule has 21 heavy (non-hydrogen) atoms. The minimum Gasteiger partial charge on any atom is -0.399 e. The summed E-state index contributed by atoms with van der Waals surface area (Å²) in [6.07, 6.45) is 0. The maximum atomic E-state index is 12.4. The van der Waals surface area contributed by atoms with Gasteiger partial charge in [0.1, 0.15) is 0 Å². The van der Waals surface area contributed by atoms with Gasteiger partial charge < -0.3 is 10.6 Å². The van der Waals surface area contributed by atoms with Crippen LogP contribution in [0.25, 0.3) is 0 Å². The van der Waals surface area contributed by atoms with Crippen molar-refractivity contribution in [1.82, 2.24) is 4.90 Å². The molecule has 0 heterocycles. The number of nitrogens with two attached hydrogens (primary N) is 1. The fraction of sp³-hybridized carbons (Fsp3) is 0.133. The van der Waals surface area contributed by atoms with E-state index in [0.29, 0.717) is 32.9 Å². The fourth-order valence-corrected chi connectivity index (χ4v) is 2.65. The van der Waals surface area contributed by atoms with Crippen molar-refractivity contribution in [2.75, 3.05) is 12.8 Å². The summed E-state index contributed by atoms with van der Waals surface area (Å²) >= 11 is 17.9. The van der Waals surface area contributed by atoms with Crippen molar-refractivity contribution < 1.29 is 4.79 Å². The van der Waals surface area contributed by atoms with E-state index in [0.717, 1.165) is 5.56 Å². The molecule has 2 aromatic rings. The molecule has 0 saturated carbocycles. The Hall–Kier alpha value is -1.42. The van der Waals surface area contributed by atoms with Crippen LogP contribution in [0.4, 0.5) is 5.69 Å². The average Bonchev–Trinajstić information content (AvgIpc) is 2.40. The Kier molecular flexibility index (Phi) is 4.99. The SMILES string of the molecule is CN(Cc1ccc(Cl)cc1Cl)C(=O)c1cc(N)cc(Cl)c1. The molecule has 0 spiro atoms. The second kappa shape index (κ2) is 6.56. The Morgan fingerprint density at radius 1 is 1.10 bits per heavy atom. The lowest BCUT2D eigenvalue weighted by molar-refractivity contribution is 0.0785. The van der Waals surface area contributed by atoms with Gasteiger partial charge in [-0.05, 0) is 35.9 Å². The molecule has 2 aromatic carbocycles. The Labute approximate surface area is 138 Å². The smallest absolute Gasteiger partial charge is 0.254 e. The van der Waals surface area contributed by atoms with Gasteiger partial charge in [-0.15, -0.1) is 0 Å². The average molecular weight is 344 g/mol. The van der Waals surface area contributed by atoms with E-state index in [9.17, 15) is 4.79 Å². The van der Waals surface area contributed by atoms with Crippen LogP contribution in [-0.2, 0) is 6.54 Å². The number of amides is 1. The summed E-state index contributed by atoms with van der Waals surface area (Å²) in [5.74, 6) is -0.185. The van der Waals surface area contributed by atoms with Gasteiger partial charge >= 0.3 is 0 Å². The Morgan fingerprint density at radius 3 is 2.43 bits per heavy atom. The molecule has 2 rings (SSSR count). The molecular weight excluding hydrogens is 331 g/mol. The van der Waals surface area contributed by atoms with Crippen LogP contribution in [0.2, 0.25) is 15.1 Å². The number of hydrogen-bond acceptors (Lipinski definition) is 2. The van der Waals surface area contributed by atoms with Crippen molar-refractivity contribution >= 4 is 46.4 Å². The van der Waals surface area contributed by atoms with E-state index < -0.39 is 0 Å². The number of halogens is 3. The molecule has 0 fully saturated rings. The maximum absolute atomic E-state index is 12.4. The molecule has 0 bridgehead atoms. The van der Waals surface area contributed by atoms with Crippen molar-refractivity contribution in [3.8, 4) is 0 Å². The number of hydrogen-bond donors (Lipinski definition) is 1. The molecule has 1 amide bonds. The predicted octanol–water partition coefficient (Wildman–Crippen LogP) is 4.50. The topological polar surface area (TPSA) is 46.3 Å². The number of carbonyl (C=O) groups is 1. The van der Waals surface area contributed by atoms with E-state index in [2.05, 4.69) is 0 Å². The lowest BCUT2D eigenvalue weighted by atomic mass is 10.1. The van der Waals surface area contributed by atoms with E-state index in [-0.39, 0.29) is 5.91 Å². The molecule has 0 saturated heterocycles. The van der Waals surface area contributed by atoms with Crippen LogP contribution in [-0.4, -0.2) is 17.9 Å². The number of carbonyl (C=O) groups excluding carboxylic acids is 1. The lowest BCUT2D eigenvalue weighted by Crippen LogP contribution is -2.26. The van der Waals surface area contributed by atoms with Gasteiger partial charge in [0.25, 0.3) is 5.91 Å². The second-order valence-electron chi connectivity index (χ2n) is 4.67. The molecule has 3 nitrogen and oxygen atoms in total. The van der Waals surface area contributed by atoms with Crippen LogP contribution < -0.4 is 5.73 Å². The third-order valence-electron chi connectivity index (χ3n) is 2.94. The second-order valence-corrected chi connectivity index (χ2v) is 5.95. The molecule has 0 radical (unpaired) electrons. The van der Waals surface area contributed by atoms with E-state index in [1.165, 1.54) is 0 Å². The summed E-state index contributed by atoms with van der Waals surface area (Å²) in [6.45, 7) is 0.362. The molecule has 0 aliphatic carbocycles. The number of benzene rings is 2. The van der Waals surface area contributed by atoms with E-state index in [1.54, 1.807) is 48.3 Å². The Bertz CT molecular complexity index is 668. The van der Waals surface area contributed by atoms with Gasteiger partial charge in [0.05, 0.1) is 0 Å². The van der Waals surface area contributed by atoms with Gasteiger partial charge in [-0.1, -0.05) is 40.9 Å². The van der Waals surface area contributed by atoms with Crippen LogP contribution in [0.15, 0.2) is 36.4 Å². The zero-order valence-corrected chi connectivity index (χ0v) is 13.5. The fourth-order valence-electron chi connectivity index (χ4n) is 1.93. The van der Waals surface area contributed by atoms with Crippen molar-refractivity contribution in [3.05, 3.63) is 62.6 Å². The molecule has 0 aliphatic heterocycles. The highest BCUT2D eigenvalue weighted by Gasteiger charge is 2.14. The van der Waals surface area contributed by atoms with Crippen molar-refractivity contribution in [2.45, 2.75) is 6.54 Å². The monoisotopic (exact) mass is 342 g/mol. The van der Waals surface area contributed by atoms with E-state index in [1.807, 2.05) is 0 Å². The van der Waals surface area contributed by atoms with Crippen molar-refractivity contribution in [3.63, 3.8) is 0 Å².